The van der Waals surface area contributed by atoms with Crippen molar-refractivity contribution in [3.05, 3.63) is 47.5 Å². The van der Waals surface area contributed by atoms with Crippen molar-refractivity contribution in [3.8, 4) is 11.3 Å². The van der Waals surface area contributed by atoms with Crippen molar-refractivity contribution in [2.24, 2.45) is 5.92 Å². The molecule has 0 amide bonds. The number of piperidine rings is 1. The second kappa shape index (κ2) is 6.77. The molecule has 24 heavy (non-hydrogen) atoms. The van der Waals surface area contributed by atoms with Gasteiger partial charge in [-0.1, -0.05) is 0 Å². The first-order chi connectivity index (χ1) is 11.4. The topological polar surface area (TPSA) is 53.7 Å². The van der Waals surface area contributed by atoms with Crippen LogP contribution in [0.1, 0.15) is 31.1 Å². The van der Waals surface area contributed by atoms with Crippen molar-refractivity contribution < 1.29 is 18.7 Å². The number of carboxylic acids is 1. The largest absolute Gasteiger partial charge is 0.481 e. The molecule has 3 rings (SSSR count). The van der Waals surface area contributed by atoms with Gasteiger partial charge in [0, 0.05) is 18.2 Å². The van der Waals surface area contributed by atoms with E-state index in [9.17, 15) is 14.3 Å². The molecule has 2 aromatic rings. The Morgan fingerprint density at radius 3 is 2.83 bits per heavy atom. The van der Waals surface area contributed by atoms with E-state index in [1.165, 1.54) is 12.1 Å². The summed E-state index contributed by atoms with van der Waals surface area (Å²) < 4.78 is 19.2. The van der Waals surface area contributed by atoms with Crippen molar-refractivity contribution in [1.29, 1.82) is 0 Å². The minimum atomic E-state index is -0.728. The fourth-order valence-electron chi connectivity index (χ4n) is 3.31. The molecule has 1 aromatic carbocycles. The van der Waals surface area contributed by atoms with Crippen molar-refractivity contribution in [1.82, 2.24) is 4.90 Å². The molecule has 1 saturated heterocycles. The summed E-state index contributed by atoms with van der Waals surface area (Å²) in [7, 11) is 0. The Morgan fingerprint density at radius 2 is 2.12 bits per heavy atom. The van der Waals surface area contributed by atoms with Gasteiger partial charge in [-0.15, -0.1) is 0 Å². The molecule has 1 fully saturated rings. The van der Waals surface area contributed by atoms with Crippen LogP contribution in [0.3, 0.4) is 0 Å². The fraction of sp³-hybridized carbons (Fsp3) is 0.421. The molecule has 2 atom stereocenters. The van der Waals surface area contributed by atoms with E-state index in [-0.39, 0.29) is 11.7 Å². The summed E-state index contributed by atoms with van der Waals surface area (Å²) in [6.45, 7) is 5.10. The molecule has 0 bridgehead atoms. The molecule has 128 valence electrons. The van der Waals surface area contributed by atoms with Gasteiger partial charge in [0.1, 0.15) is 17.3 Å². The number of halogens is 1. The maximum atomic E-state index is 13.2. The van der Waals surface area contributed by atoms with E-state index in [0.717, 1.165) is 29.7 Å². The lowest BCUT2D eigenvalue weighted by molar-refractivity contribution is -0.144. The van der Waals surface area contributed by atoms with Gasteiger partial charge in [0.25, 0.3) is 0 Å². The smallest absolute Gasteiger partial charge is 0.307 e. The monoisotopic (exact) mass is 331 g/mol. The number of aryl methyl sites for hydroxylation is 1. The van der Waals surface area contributed by atoms with Gasteiger partial charge in [0.2, 0.25) is 0 Å². The quantitative estimate of drug-likeness (QED) is 0.917. The van der Waals surface area contributed by atoms with Crippen LogP contribution in [0.25, 0.3) is 11.3 Å². The third-order valence-electron chi connectivity index (χ3n) is 4.83. The van der Waals surface area contributed by atoms with Crippen molar-refractivity contribution in [2.75, 3.05) is 6.54 Å². The lowest BCUT2D eigenvalue weighted by Crippen LogP contribution is -2.43. The number of hydrogen-bond acceptors (Lipinski definition) is 3. The van der Waals surface area contributed by atoms with Crippen LogP contribution in [0.2, 0.25) is 0 Å². The summed E-state index contributed by atoms with van der Waals surface area (Å²) in [6.07, 6.45) is 1.60. The van der Waals surface area contributed by atoms with Gasteiger partial charge in [-0.05, 0) is 62.6 Å². The lowest BCUT2D eigenvalue weighted by Gasteiger charge is -2.35. The summed E-state index contributed by atoms with van der Waals surface area (Å²) in [6, 6.07) is 8.77. The first kappa shape index (κ1) is 16.7. The highest BCUT2D eigenvalue weighted by Crippen LogP contribution is 2.28. The van der Waals surface area contributed by atoms with Crippen LogP contribution < -0.4 is 0 Å². The van der Waals surface area contributed by atoms with Gasteiger partial charge in [-0.3, -0.25) is 9.69 Å². The molecular weight excluding hydrogens is 309 g/mol. The van der Waals surface area contributed by atoms with E-state index in [0.29, 0.717) is 24.9 Å². The zero-order chi connectivity index (χ0) is 17.3. The van der Waals surface area contributed by atoms with Gasteiger partial charge >= 0.3 is 5.97 Å². The van der Waals surface area contributed by atoms with Crippen LogP contribution in [0.4, 0.5) is 4.39 Å². The van der Waals surface area contributed by atoms with Gasteiger partial charge in [-0.25, -0.2) is 4.39 Å². The molecule has 0 radical (unpaired) electrons. The lowest BCUT2D eigenvalue weighted by atomic mass is 9.93. The molecule has 1 N–H and O–H groups in total. The molecule has 1 aliphatic heterocycles. The van der Waals surface area contributed by atoms with Crippen LogP contribution >= 0.6 is 0 Å². The Morgan fingerprint density at radius 1 is 1.33 bits per heavy atom. The van der Waals surface area contributed by atoms with Crippen LogP contribution in [-0.2, 0) is 11.3 Å². The number of hydrogen-bond donors (Lipinski definition) is 1. The summed E-state index contributed by atoms with van der Waals surface area (Å²) >= 11 is 0. The number of rotatable bonds is 4. The predicted octanol–water partition coefficient (Wildman–Crippen LogP) is 4.08. The van der Waals surface area contributed by atoms with E-state index >= 15 is 0 Å². The second-order valence-corrected chi connectivity index (χ2v) is 6.62. The molecular formula is C19H22FNO3. The maximum absolute atomic E-state index is 13.2. The summed E-state index contributed by atoms with van der Waals surface area (Å²) in [5.74, 6) is 0.211. The van der Waals surface area contributed by atoms with E-state index in [1.54, 1.807) is 6.07 Å². The molecule has 0 saturated carbocycles. The van der Waals surface area contributed by atoms with Crippen molar-refractivity contribution in [2.45, 2.75) is 39.3 Å². The van der Waals surface area contributed by atoms with Crippen molar-refractivity contribution >= 4 is 5.97 Å². The van der Waals surface area contributed by atoms with E-state index < -0.39 is 5.97 Å². The number of furan rings is 1. The number of carbonyl (C=O) groups is 1. The number of benzene rings is 1. The van der Waals surface area contributed by atoms with Gasteiger partial charge in [0.05, 0.1) is 12.5 Å². The summed E-state index contributed by atoms with van der Waals surface area (Å²) in [4.78, 5) is 13.4. The number of likely N-dealkylation sites (tertiary alicyclic amines) is 1. The molecule has 1 aliphatic rings. The molecule has 0 aliphatic carbocycles. The summed E-state index contributed by atoms with van der Waals surface area (Å²) in [5, 5.41) is 9.23. The number of nitrogens with zero attached hydrogens (tertiary/aromatic N) is 1. The Balaban J connectivity index is 1.74. The molecule has 4 nitrogen and oxygen atoms in total. The zero-order valence-electron chi connectivity index (χ0n) is 14.0. The highest BCUT2D eigenvalue weighted by molar-refractivity contribution is 5.70. The van der Waals surface area contributed by atoms with Gasteiger partial charge in [-0.2, -0.15) is 0 Å². The first-order valence-corrected chi connectivity index (χ1v) is 8.26. The third-order valence-corrected chi connectivity index (χ3v) is 4.83. The number of carboxylic acid groups (broad SMARTS) is 1. The van der Waals surface area contributed by atoms with Gasteiger partial charge < -0.3 is 9.52 Å². The van der Waals surface area contributed by atoms with E-state index in [2.05, 4.69) is 11.8 Å². The Bertz CT molecular complexity index is 740. The number of aliphatic carboxylic acids is 1. The normalized spacial score (nSPS) is 21.8. The highest BCUT2D eigenvalue weighted by Gasteiger charge is 2.30. The summed E-state index contributed by atoms with van der Waals surface area (Å²) in [5.41, 5.74) is 1.70. The SMILES string of the molecule is Cc1cc(F)ccc1-c1ccc(CN2CC(C(=O)O)CCC2C)o1. The fourth-order valence-corrected chi connectivity index (χ4v) is 3.31. The molecule has 1 aromatic heterocycles. The zero-order valence-corrected chi connectivity index (χ0v) is 14.0. The minimum absolute atomic E-state index is 0.259. The van der Waals surface area contributed by atoms with E-state index in [4.69, 9.17) is 4.42 Å². The van der Waals surface area contributed by atoms with E-state index in [1.807, 2.05) is 19.1 Å². The molecule has 2 heterocycles. The van der Waals surface area contributed by atoms with Crippen LogP contribution in [0, 0.1) is 18.7 Å². The maximum Gasteiger partial charge on any atom is 0.307 e. The van der Waals surface area contributed by atoms with Crippen LogP contribution in [0.5, 0.6) is 0 Å². The highest BCUT2D eigenvalue weighted by atomic mass is 19.1. The Kier molecular flexibility index (Phi) is 4.71. The second-order valence-electron chi connectivity index (χ2n) is 6.62. The Hall–Kier alpha value is -2.14. The average molecular weight is 331 g/mol. The molecule has 5 heteroatoms. The average Bonchev–Trinajstić information content (AvgIpc) is 2.97. The third kappa shape index (κ3) is 3.51. The molecule has 0 spiro atoms. The predicted molar refractivity (Wildman–Crippen MR) is 89.1 cm³/mol. The minimum Gasteiger partial charge on any atom is -0.481 e. The Labute approximate surface area is 140 Å². The van der Waals surface area contributed by atoms with Crippen molar-refractivity contribution in [3.63, 3.8) is 0 Å². The molecule has 2 unspecified atom stereocenters. The standard InChI is InChI=1S/C19H22FNO3/c1-12-9-15(20)5-7-17(12)18-8-6-16(24-18)11-21-10-14(19(22)23)4-3-13(21)2/h5-9,13-14H,3-4,10-11H2,1-2H3,(H,22,23). The first-order valence-electron chi connectivity index (χ1n) is 8.26. The van der Waals surface area contributed by atoms with Crippen LogP contribution in [-0.4, -0.2) is 28.6 Å². The van der Waals surface area contributed by atoms with Gasteiger partial charge in [0.15, 0.2) is 0 Å². The van der Waals surface area contributed by atoms with Crippen LogP contribution in [0.15, 0.2) is 34.7 Å².